The van der Waals surface area contributed by atoms with Crippen LogP contribution in [0.25, 0.3) is 0 Å². The van der Waals surface area contributed by atoms with Gasteiger partial charge in [0, 0.05) is 0 Å². The van der Waals surface area contributed by atoms with Crippen LogP contribution in [-0.2, 0) is 23.2 Å². The maximum absolute atomic E-state index is 2.67. The van der Waals surface area contributed by atoms with Gasteiger partial charge in [0.2, 0.25) is 0 Å². The van der Waals surface area contributed by atoms with Crippen molar-refractivity contribution in [1.82, 2.24) is 0 Å². The van der Waals surface area contributed by atoms with Crippen molar-refractivity contribution in [2.75, 3.05) is 0 Å². The summed E-state index contributed by atoms with van der Waals surface area (Å²) >= 11 is -0.546. The third-order valence-electron chi connectivity index (χ3n) is 5.59. The Hall–Kier alpha value is 0.640. The van der Waals surface area contributed by atoms with E-state index in [2.05, 4.69) is 52.9 Å². The standard InChI is InChI=1S/C18H26Si.2ClH.Zr/c1-7-15-9-13(3)17(11-15)19(5,6)18-12-16(8-2)10-14(18)4;;;/h11-12,15-16H,7-8H2,1-6H3;2*1H;/q;;;+2/p-2. The molecule has 0 aromatic carbocycles. The van der Waals surface area contributed by atoms with Crippen LogP contribution in [0.1, 0.15) is 40.5 Å². The van der Waals surface area contributed by atoms with Gasteiger partial charge in [0.05, 0.1) is 0 Å². The molecule has 4 bridgehead atoms. The molecule has 2 atom stereocenters. The van der Waals surface area contributed by atoms with E-state index in [0.717, 1.165) is 11.8 Å². The Labute approximate surface area is 161 Å². The number of rotatable bonds is 2. The minimum atomic E-state index is -1.46. The second-order valence-electron chi connectivity index (χ2n) is 7.02. The third kappa shape index (κ3) is 2.87. The smallest absolute Gasteiger partial charge is 1.00 e. The van der Waals surface area contributed by atoms with Gasteiger partial charge in [-0.2, -0.15) is 0 Å². The Morgan fingerprint density at radius 2 is 1.23 bits per heavy atom. The van der Waals surface area contributed by atoms with E-state index in [1.54, 1.807) is 21.5 Å². The summed E-state index contributed by atoms with van der Waals surface area (Å²) in [6, 6.07) is 0. The van der Waals surface area contributed by atoms with Gasteiger partial charge in [-0.15, -0.1) is 0 Å². The first-order chi connectivity index (χ1) is 9.41. The molecule has 3 aliphatic rings. The van der Waals surface area contributed by atoms with Crippen molar-refractivity contribution in [1.29, 1.82) is 0 Å². The first-order valence-electron chi connectivity index (χ1n) is 8.05. The van der Waals surface area contributed by atoms with Crippen molar-refractivity contribution in [2.24, 2.45) is 11.8 Å². The predicted molar refractivity (Wildman–Crippen MR) is 86.6 cm³/mol. The van der Waals surface area contributed by atoms with Crippen molar-refractivity contribution in [2.45, 2.75) is 53.6 Å². The summed E-state index contributed by atoms with van der Waals surface area (Å²) in [6.07, 6.45) is 7.97. The fourth-order valence-electron chi connectivity index (χ4n) is 4.33. The second kappa shape index (κ2) is 7.26. The van der Waals surface area contributed by atoms with Crippen molar-refractivity contribution in [3.8, 4) is 0 Å². The first-order valence-corrected chi connectivity index (χ1v) is 13.5. The van der Waals surface area contributed by atoms with Crippen LogP contribution in [0.2, 0.25) is 13.1 Å². The van der Waals surface area contributed by atoms with Crippen LogP contribution < -0.4 is 24.8 Å². The van der Waals surface area contributed by atoms with Crippen LogP contribution in [-0.4, -0.2) is 8.07 Å². The molecule has 0 amide bonds. The molecule has 0 aromatic rings. The fourth-order valence-corrected chi connectivity index (χ4v) is 13.2. The van der Waals surface area contributed by atoms with Gasteiger partial charge in [-0.05, 0) is 0 Å². The maximum atomic E-state index is 2.67. The summed E-state index contributed by atoms with van der Waals surface area (Å²) in [5.41, 5.74) is 3.46. The van der Waals surface area contributed by atoms with E-state index >= 15 is 0 Å². The van der Waals surface area contributed by atoms with Crippen LogP contribution in [0.4, 0.5) is 0 Å². The average molecular weight is 433 g/mol. The van der Waals surface area contributed by atoms with Crippen LogP contribution in [0.15, 0.2) is 40.3 Å². The van der Waals surface area contributed by atoms with Gasteiger partial charge in [-0.3, -0.25) is 0 Å². The van der Waals surface area contributed by atoms with Gasteiger partial charge < -0.3 is 24.8 Å². The summed E-state index contributed by atoms with van der Waals surface area (Å²) in [7, 11) is -1.46. The molecule has 22 heavy (non-hydrogen) atoms. The Kier molecular flexibility index (Phi) is 6.82. The van der Waals surface area contributed by atoms with Gasteiger partial charge >= 0.3 is 137 Å². The number of hydrogen-bond donors (Lipinski definition) is 0. The molecule has 3 rings (SSSR count). The normalized spacial score (nSPS) is 27.7. The molecule has 2 aliphatic carbocycles. The first kappa shape index (κ1) is 20.7. The molecule has 0 nitrogen and oxygen atoms in total. The summed E-state index contributed by atoms with van der Waals surface area (Å²) in [5.74, 6) is 1.59. The van der Waals surface area contributed by atoms with Crippen molar-refractivity contribution in [3.63, 3.8) is 0 Å². The van der Waals surface area contributed by atoms with Gasteiger partial charge in [0.1, 0.15) is 0 Å². The van der Waals surface area contributed by atoms with Crippen molar-refractivity contribution < 1.29 is 48.0 Å². The zero-order valence-corrected chi connectivity index (χ0v) is 19.4. The van der Waals surface area contributed by atoms with E-state index in [0.29, 0.717) is 0 Å². The molecule has 1 heterocycles. The molecule has 120 valence electrons. The number of hydrogen-bond acceptors (Lipinski definition) is 0. The Morgan fingerprint density at radius 1 is 0.864 bits per heavy atom. The van der Waals surface area contributed by atoms with Gasteiger partial charge in [-0.25, -0.2) is 0 Å². The number of fused-ring (bicyclic) bond motifs is 2. The molecule has 0 radical (unpaired) electrons. The second-order valence-corrected chi connectivity index (χ2v) is 14.6. The molecule has 0 N–H and O–H groups in total. The molecule has 1 aliphatic heterocycles. The summed E-state index contributed by atoms with van der Waals surface area (Å²) in [5, 5.41) is 3.56. The SMILES string of the molecule is CCC1C=C2C(C)=[C]1[Zr+2][C]1=C(C)C(=CC1CC)[Si]2(C)C.[Cl-].[Cl-]. The van der Waals surface area contributed by atoms with Gasteiger partial charge in [0.15, 0.2) is 0 Å². The average Bonchev–Trinajstić information content (AvgIpc) is 2.91. The van der Waals surface area contributed by atoms with Crippen molar-refractivity contribution in [3.05, 3.63) is 40.3 Å². The monoisotopic (exact) mass is 430 g/mol. The number of allylic oxidation sites excluding steroid dienone is 8. The van der Waals surface area contributed by atoms with E-state index in [4.69, 9.17) is 0 Å². The molecular weight excluding hydrogens is 406 g/mol. The van der Waals surface area contributed by atoms with E-state index < -0.39 is 31.3 Å². The van der Waals surface area contributed by atoms with Gasteiger partial charge in [0.25, 0.3) is 0 Å². The van der Waals surface area contributed by atoms with Gasteiger partial charge in [-0.1, -0.05) is 0 Å². The molecule has 4 heteroatoms. The van der Waals surface area contributed by atoms with Crippen LogP contribution in [0, 0.1) is 11.8 Å². The van der Waals surface area contributed by atoms with Crippen molar-refractivity contribution >= 4 is 8.07 Å². The summed E-state index contributed by atoms with van der Waals surface area (Å²) < 4.78 is 3.82. The van der Waals surface area contributed by atoms with Crippen LogP contribution in [0.3, 0.4) is 0 Å². The van der Waals surface area contributed by atoms with E-state index in [9.17, 15) is 0 Å². The zero-order valence-electron chi connectivity index (χ0n) is 14.5. The van der Waals surface area contributed by atoms with Crippen LogP contribution >= 0.6 is 0 Å². The maximum Gasteiger partial charge on any atom is -1.00 e. The van der Waals surface area contributed by atoms with E-state index in [1.165, 1.54) is 12.8 Å². The summed E-state index contributed by atoms with van der Waals surface area (Å²) in [4.78, 5) is 0. The predicted octanol–water partition coefficient (Wildman–Crippen LogP) is -0.642. The minimum absolute atomic E-state index is 0. The quantitative estimate of drug-likeness (QED) is 0.509. The molecule has 0 spiro atoms. The molecule has 0 saturated carbocycles. The number of halogens is 2. The third-order valence-corrected chi connectivity index (χ3v) is 14.4. The van der Waals surface area contributed by atoms with Crippen LogP contribution in [0.5, 0.6) is 0 Å². The van der Waals surface area contributed by atoms with E-state index in [1.807, 2.05) is 6.56 Å². The topological polar surface area (TPSA) is 0 Å². The van der Waals surface area contributed by atoms with E-state index in [-0.39, 0.29) is 24.8 Å². The largest absolute Gasteiger partial charge is 1.00 e. The fraction of sp³-hybridized carbons (Fsp3) is 0.556. The molecule has 2 unspecified atom stereocenters. The Balaban J connectivity index is 0.00000121. The molecule has 0 saturated heterocycles. The zero-order chi connectivity index (χ0) is 14.7. The Morgan fingerprint density at radius 3 is 1.55 bits per heavy atom. The molecule has 0 fully saturated rings. The molecular formula is C18H26Cl2SiZr. The summed E-state index contributed by atoms with van der Waals surface area (Å²) in [6.45, 7) is 14.8. The molecule has 0 aromatic heterocycles. The Bertz CT molecular complexity index is 546. The minimum Gasteiger partial charge on any atom is -1.00 e.